The van der Waals surface area contributed by atoms with Crippen LogP contribution >= 0.6 is 11.3 Å². The topological polar surface area (TPSA) is 80.2 Å². The fraction of sp³-hybridized carbons (Fsp3) is 0.364. The Morgan fingerprint density at radius 2 is 2.07 bits per heavy atom. The Morgan fingerprint density at radius 3 is 2.83 bits per heavy atom. The van der Waals surface area contributed by atoms with E-state index in [-0.39, 0.29) is 11.7 Å². The van der Waals surface area contributed by atoms with Gasteiger partial charge in [-0.2, -0.15) is 0 Å². The standard InChI is InChI=1S/C22H23N5O2S/c28-21-27(17-4-3-10-23-13-17)15-22(29-21)8-6-16(7-9-22)12-25-20-26-19(14-30-20)18-5-1-2-11-24-18/h1-5,10-11,13-14,16H,6-9,12,15H2,(H,25,26)/t16-,22-. The maximum Gasteiger partial charge on any atom is 0.415 e. The van der Waals surface area contributed by atoms with Crippen LogP contribution in [0.25, 0.3) is 11.4 Å². The normalized spacial score (nSPS) is 23.5. The minimum atomic E-state index is -0.364. The van der Waals surface area contributed by atoms with Crippen molar-refractivity contribution in [2.75, 3.05) is 23.3 Å². The van der Waals surface area contributed by atoms with Crippen molar-refractivity contribution in [3.8, 4) is 11.4 Å². The molecule has 2 fully saturated rings. The van der Waals surface area contributed by atoms with Gasteiger partial charge in [-0.15, -0.1) is 11.3 Å². The van der Waals surface area contributed by atoms with Gasteiger partial charge in [-0.25, -0.2) is 9.78 Å². The maximum atomic E-state index is 12.4. The van der Waals surface area contributed by atoms with Crippen LogP contribution in [0.4, 0.5) is 15.6 Å². The van der Waals surface area contributed by atoms with Gasteiger partial charge in [-0.3, -0.25) is 14.9 Å². The molecule has 8 heteroatoms. The fourth-order valence-electron chi connectivity index (χ4n) is 4.22. The van der Waals surface area contributed by atoms with E-state index in [9.17, 15) is 4.79 Å². The average Bonchev–Trinajstić information content (AvgIpc) is 3.39. The summed E-state index contributed by atoms with van der Waals surface area (Å²) < 4.78 is 5.84. The summed E-state index contributed by atoms with van der Waals surface area (Å²) in [6, 6.07) is 9.58. The fourth-order valence-corrected chi connectivity index (χ4v) is 4.94. The second-order valence-electron chi connectivity index (χ2n) is 7.93. The van der Waals surface area contributed by atoms with E-state index in [4.69, 9.17) is 4.74 Å². The van der Waals surface area contributed by atoms with Crippen molar-refractivity contribution >= 4 is 28.2 Å². The van der Waals surface area contributed by atoms with E-state index in [1.54, 1.807) is 34.8 Å². The van der Waals surface area contributed by atoms with Crippen LogP contribution in [0.15, 0.2) is 54.3 Å². The van der Waals surface area contributed by atoms with Crippen molar-refractivity contribution in [2.24, 2.45) is 5.92 Å². The van der Waals surface area contributed by atoms with E-state index in [1.807, 2.05) is 35.7 Å². The van der Waals surface area contributed by atoms with Crippen LogP contribution in [-0.4, -0.2) is 39.7 Å². The quantitative estimate of drug-likeness (QED) is 0.649. The van der Waals surface area contributed by atoms with Gasteiger partial charge in [0.25, 0.3) is 0 Å². The van der Waals surface area contributed by atoms with E-state index in [2.05, 4.69) is 20.3 Å². The number of carbonyl (C=O) groups is 1. The Hall–Kier alpha value is -3.00. The lowest BCUT2D eigenvalue weighted by Gasteiger charge is -2.35. The van der Waals surface area contributed by atoms with Crippen molar-refractivity contribution in [1.29, 1.82) is 0 Å². The van der Waals surface area contributed by atoms with Gasteiger partial charge in [0, 0.05) is 24.3 Å². The molecule has 154 valence electrons. The molecule has 0 radical (unpaired) electrons. The molecule has 1 aliphatic heterocycles. The van der Waals surface area contributed by atoms with Gasteiger partial charge in [0.2, 0.25) is 0 Å². The van der Waals surface area contributed by atoms with Crippen LogP contribution in [-0.2, 0) is 4.74 Å². The third-order valence-electron chi connectivity index (χ3n) is 5.92. The van der Waals surface area contributed by atoms with Crippen molar-refractivity contribution in [3.63, 3.8) is 0 Å². The smallest absolute Gasteiger partial charge is 0.415 e. The molecule has 1 aliphatic carbocycles. The van der Waals surface area contributed by atoms with Crippen molar-refractivity contribution in [2.45, 2.75) is 31.3 Å². The highest BCUT2D eigenvalue weighted by Gasteiger charge is 2.47. The Balaban J connectivity index is 1.15. The Bertz CT molecular complexity index is 1000. The monoisotopic (exact) mass is 421 g/mol. The number of nitrogens with one attached hydrogen (secondary N) is 1. The number of nitrogens with zero attached hydrogens (tertiary/aromatic N) is 4. The Kier molecular flexibility index (Phi) is 5.08. The molecule has 3 aromatic rings. The largest absolute Gasteiger partial charge is 0.441 e. The lowest BCUT2D eigenvalue weighted by molar-refractivity contribution is 0.0148. The second kappa shape index (κ2) is 8.02. The zero-order chi connectivity index (χ0) is 20.4. The van der Waals surface area contributed by atoms with E-state index in [0.717, 1.165) is 54.4 Å². The zero-order valence-electron chi connectivity index (χ0n) is 16.5. The molecular formula is C22H23N5O2S. The summed E-state index contributed by atoms with van der Waals surface area (Å²) in [4.78, 5) is 27.2. The first-order valence-electron chi connectivity index (χ1n) is 10.2. The number of carbonyl (C=O) groups excluding carboxylic acids is 1. The number of anilines is 2. The summed E-state index contributed by atoms with van der Waals surface area (Å²) >= 11 is 1.61. The van der Waals surface area contributed by atoms with Gasteiger partial charge in [0.05, 0.1) is 24.1 Å². The van der Waals surface area contributed by atoms with E-state index in [0.29, 0.717) is 12.5 Å². The van der Waals surface area contributed by atoms with E-state index in [1.165, 1.54) is 0 Å². The first-order valence-corrected chi connectivity index (χ1v) is 11.1. The molecule has 2 aliphatic rings. The lowest BCUT2D eigenvalue weighted by Crippen LogP contribution is -2.39. The molecule has 7 nitrogen and oxygen atoms in total. The summed E-state index contributed by atoms with van der Waals surface area (Å²) in [5.41, 5.74) is 2.23. The zero-order valence-corrected chi connectivity index (χ0v) is 17.3. The summed E-state index contributed by atoms with van der Waals surface area (Å²) in [7, 11) is 0. The number of hydrogen-bond acceptors (Lipinski definition) is 7. The molecule has 0 bridgehead atoms. The highest BCUT2D eigenvalue weighted by molar-refractivity contribution is 7.14. The second-order valence-corrected chi connectivity index (χ2v) is 8.78. The minimum Gasteiger partial charge on any atom is -0.441 e. The van der Waals surface area contributed by atoms with Crippen LogP contribution < -0.4 is 10.2 Å². The third-order valence-corrected chi connectivity index (χ3v) is 6.72. The summed E-state index contributed by atoms with van der Waals surface area (Å²) in [6.07, 6.45) is 8.77. The summed E-state index contributed by atoms with van der Waals surface area (Å²) in [6.45, 7) is 1.49. The first kappa shape index (κ1) is 19.0. The number of aromatic nitrogens is 3. The molecule has 3 aromatic heterocycles. The van der Waals surface area contributed by atoms with Crippen LogP contribution in [0.1, 0.15) is 25.7 Å². The van der Waals surface area contributed by atoms with Gasteiger partial charge in [-0.1, -0.05) is 6.07 Å². The number of rotatable bonds is 5. The highest BCUT2D eigenvalue weighted by Crippen LogP contribution is 2.40. The predicted molar refractivity (Wildman–Crippen MR) is 117 cm³/mol. The number of ether oxygens (including phenoxy) is 1. The highest BCUT2D eigenvalue weighted by atomic mass is 32.1. The molecule has 0 unspecified atom stereocenters. The van der Waals surface area contributed by atoms with Crippen LogP contribution in [0, 0.1) is 5.92 Å². The molecule has 1 N–H and O–H groups in total. The lowest BCUT2D eigenvalue weighted by atomic mass is 9.78. The van der Waals surface area contributed by atoms with Crippen LogP contribution in [0.5, 0.6) is 0 Å². The van der Waals surface area contributed by atoms with Crippen molar-refractivity contribution in [3.05, 3.63) is 54.3 Å². The molecule has 5 rings (SSSR count). The van der Waals surface area contributed by atoms with Gasteiger partial charge in [-0.05, 0) is 55.9 Å². The maximum absolute atomic E-state index is 12.4. The SMILES string of the molecule is O=C1O[C@]2(CC[C@H](CNc3nc(-c4ccccn4)cs3)CC2)CN1c1cccnc1. The number of thiazole rings is 1. The predicted octanol–water partition coefficient (Wildman–Crippen LogP) is 4.60. The number of amides is 1. The van der Waals surface area contributed by atoms with Gasteiger partial charge in [0.1, 0.15) is 11.3 Å². The Morgan fingerprint density at radius 1 is 1.17 bits per heavy atom. The van der Waals surface area contributed by atoms with Crippen LogP contribution in [0.2, 0.25) is 0 Å². The van der Waals surface area contributed by atoms with Crippen molar-refractivity contribution < 1.29 is 9.53 Å². The molecule has 1 spiro atoms. The molecule has 0 aromatic carbocycles. The van der Waals surface area contributed by atoms with Gasteiger partial charge < -0.3 is 10.1 Å². The van der Waals surface area contributed by atoms with E-state index < -0.39 is 0 Å². The molecule has 4 heterocycles. The van der Waals surface area contributed by atoms with Crippen LogP contribution in [0.3, 0.4) is 0 Å². The van der Waals surface area contributed by atoms with Gasteiger partial charge >= 0.3 is 6.09 Å². The number of hydrogen-bond donors (Lipinski definition) is 1. The summed E-state index contributed by atoms with van der Waals surface area (Å²) in [5.74, 6) is 0.545. The molecular weight excluding hydrogens is 398 g/mol. The summed E-state index contributed by atoms with van der Waals surface area (Å²) in [5, 5.41) is 6.44. The van der Waals surface area contributed by atoms with Gasteiger partial charge in [0.15, 0.2) is 5.13 Å². The number of pyridine rings is 2. The molecule has 1 saturated carbocycles. The minimum absolute atomic E-state index is 0.260. The first-order chi connectivity index (χ1) is 14.7. The molecule has 1 saturated heterocycles. The van der Waals surface area contributed by atoms with E-state index >= 15 is 0 Å². The molecule has 1 amide bonds. The molecule has 0 atom stereocenters. The average molecular weight is 422 g/mol. The molecule has 30 heavy (non-hydrogen) atoms. The third kappa shape index (κ3) is 3.87. The Labute approximate surface area is 179 Å². The van der Waals surface area contributed by atoms with Crippen molar-refractivity contribution in [1.82, 2.24) is 15.0 Å².